The third-order valence-electron chi connectivity index (χ3n) is 2.79. The minimum atomic E-state index is -0.433. The van der Waals surface area contributed by atoms with Crippen LogP contribution in [-0.4, -0.2) is 67.9 Å². The zero-order valence-corrected chi connectivity index (χ0v) is 11.5. The molecule has 0 aromatic carbocycles. The monoisotopic (exact) mass is 244 g/mol. The highest BCUT2D eigenvalue weighted by atomic mass is 16.6. The highest BCUT2D eigenvalue weighted by Gasteiger charge is 2.29. The van der Waals surface area contributed by atoms with E-state index in [1.54, 1.807) is 12.0 Å². The molecule has 1 heterocycles. The summed E-state index contributed by atoms with van der Waals surface area (Å²) in [6.07, 6.45) is -0.230. The van der Waals surface area contributed by atoms with Gasteiger partial charge in [-0.05, 0) is 27.8 Å². The molecule has 0 saturated carbocycles. The lowest BCUT2D eigenvalue weighted by atomic mass is 10.2. The molecule has 1 aliphatic heterocycles. The topological polar surface area (TPSA) is 42.0 Å². The zero-order valence-electron chi connectivity index (χ0n) is 11.5. The molecule has 0 unspecified atom stereocenters. The summed E-state index contributed by atoms with van der Waals surface area (Å²) in [5.41, 5.74) is -0.433. The van der Waals surface area contributed by atoms with Crippen molar-refractivity contribution in [1.29, 1.82) is 0 Å². The molecule has 1 aliphatic rings. The second-order valence-corrected chi connectivity index (χ2v) is 5.52. The Labute approximate surface area is 104 Å². The Morgan fingerprint density at radius 2 is 2.00 bits per heavy atom. The summed E-state index contributed by atoms with van der Waals surface area (Å²) in [4.78, 5) is 15.9. The van der Waals surface area contributed by atoms with Crippen LogP contribution in [0.3, 0.4) is 0 Å². The molecule has 1 saturated heterocycles. The molecular formula is C12H24N2O3. The van der Waals surface area contributed by atoms with E-state index in [2.05, 4.69) is 11.9 Å². The molecule has 0 aliphatic carbocycles. The van der Waals surface area contributed by atoms with Crippen molar-refractivity contribution in [2.24, 2.45) is 0 Å². The fraction of sp³-hybridized carbons (Fsp3) is 0.917. The van der Waals surface area contributed by atoms with E-state index in [0.29, 0.717) is 19.7 Å². The van der Waals surface area contributed by atoms with Gasteiger partial charge in [0.15, 0.2) is 0 Å². The molecule has 17 heavy (non-hydrogen) atoms. The quantitative estimate of drug-likeness (QED) is 0.731. The summed E-state index contributed by atoms with van der Waals surface area (Å²) in [6.45, 7) is 8.52. The van der Waals surface area contributed by atoms with Gasteiger partial charge in [0.25, 0.3) is 0 Å². The van der Waals surface area contributed by atoms with Crippen molar-refractivity contribution < 1.29 is 14.3 Å². The Balaban J connectivity index is 2.52. The van der Waals surface area contributed by atoms with Crippen molar-refractivity contribution >= 4 is 6.09 Å². The maximum atomic E-state index is 11.9. The van der Waals surface area contributed by atoms with Gasteiger partial charge in [-0.2, -0.15) is 0 Å². The SMILES string of the molecule is COC[C@@H]1CN(C(=O)OC(C)(C)C)CCN1C. The number of hydrogen-bond acceptors (Lipinski definition) is 4. The highest BCUT2D eigenvalue weighted by Crippen LogP contribution is 2.14. The average Bonchev–Trinajstić information content (AvgIpc) is 2.19. The number of carbonyl (C=O) groups excluding carboxylic acids is 1. The molecule has 0 radical (unpaired) electrons. The van der Waals surface area contributed by atoms with Gasteiger partial charge in [0.05, 0.1) is 12.6 Å². The first kappa shape index (κ1) is 14.3. The molecule has 0 bridgehead atoms. The summed E-state index contributed by atoms with van der Waals surface area (Å²) in [5.74, 6) is 0. The molecule has 0 N–H and O–H groups in total. The van der Waals surface area contributed by atoms with Crippen molar-refractivity contribution in [3.63, 3.8) is 0 Å². The number of ether oxygens (including phenoxy) is 2. The van der Waals surface area contributed by atoms with Crippen LogP contribution >= 0.6 is 0 Å². The second kappa shape index (κ2) is 5.69. The number of amides is 1. The van der Waals surface area contributed by atoms with Gasteiger partial charge in [0, 0.05) is 26.7 Å². The Morgan fingerprint density at radius 3 is 2.53 bits per heavy atom. The van der Waals surface area contributed by atoms with Gasteiger partial charge < -0.3 is 14.4 Å². The van der Waals surface area contributed by atoms with Crippen LogP contribution in [-0.2, 0) is 9.47 Å². The van der Waals surface area contributed by atoms with Crippen LogP contribution in [0.4, 0.5) is 4.79 Å². The minimum Gasteiger partial charge on any atom is -0.444 e. The van der Waals surface area contributed by atoms with E-state index < -0.39 is 5.60 Å². The van der Waals surface area contributed by atoms with E-state index in [9.17, 15) is 4.79 Å². The van der Waals surface area contributed by atoms with Gasteiger partial charge in [-0.25, -0.2) is 4.79 Å². The van der Waals surface area contributed by atoms with Gasteiger partial charge in [-0.3, -0.25) is 4.90 Å². The van der Waals surface area contributed by atoms with Gasteiger partial charge in [0.1, 0.15) is 5.60 Å². The van der Waals surface area contributed by atoms with Crippen LogP contribution in [0.5, 0.6) is 0 Å². The largest absolute Gasteiger partial charge is 0.444 e. The fourth-order valence-electron chi connectivity index (χ4n) is 1.81. The number of rotatable bonds is 2. The lowest BCUT2D eigenvalue weighted by molar-refractivity contribution is -0.00284. The molecular weight excluding hydrogens is 220 g/mol. The Morgan fingerprint density at radius 1 is 1.35 bits per heavy atom. The van der Waals surface area contributed by atoms with E-state index in [1.807, 2.05) is 20.8 Å². The number of carbonyl (C=O) groups is 1. The van der Waals surface area contributed by atoms with Crippen LogP contribution in [0.25, 0.3) is 0 Å². The number of methoxy groups -OCH3 is 1. The molecule has 1 atom stereocenters. The van der Waals surface area contributed by atoms with Crippen molar-refractivity contribution in [2.75, 3.05) is 40.4 Å². The van der Waals surface area contributed by atoms with Crippen molar-refractivity contribution in [3.05, 3.63) is 0 Å². The first-order valence-electron chi connectivity index (χ1n) is 6.00. The van der Waals surface area contributed by atoms with Crippen molar-refractivity contribution in [2.45, 2.75) is 32.4 Å². The molecule has 5 nitrogen and oxygen atoms in total. The van der Waals surface area contributed by atoms with Gasteiger partial charge in [-0.1, -0.05) is 0 Å². The molecule has 1 rings (SSSR count). The third-order valence-corrected chi connectivity index (χ3v) is 2.79. The Bertz CT molecular complexity index is 263. The standard InChI is InChI=1S/C12H24N2O3/c1-12(2,3)17-11(15)14-7-6-13(4)10(8-14)9-16-5/h10H,6-9H2,1-5H3/t10-/m0/s1. The normalized spacial score (nSPS) is 22.6. The molecule has 1 amide bonds. The third kappa shape index (κ3) is 4.52. The van der Waals surface area contributed by atoms with E-state index in [4.69, 9.17) is 9.47 Å². The minimum absolute atomic E-state index is 0.230. The van der Waals surface area contributed by atoms with Gasteiger partial charge >= 0.3 is 6.09 Å². The van der Waals surface area contributed by atoms with Crippen LogP contribution in [0.2, 0.25) is 0 Å². The number of piperazine rings is 1. The van der Waals surface area contributed by atoms with Gasteiger partial charge in [-0.15, -0.1) is 0 Å². The first-order chi connectivity index (χ1) is 7.83. The molecule has 0 aromatic rings. The number of nitrogens with zero attached hydrogens (tertiary/aromatic N) is 2. The maximum Gasteiger partial charge on any atom is 0.410 e. The molecule has 0 aromatic heterocycles. The summed E-state index contributed by atoms with van der Waals surface area (Å²) in [5, 5.41) is 0. The fourth-order valence-corrected chi connectivity index (χ4v) is 1.81. The summed E-state index contributed by atoms with van der Waals surface area (Å²) < 4.78 is 10.5. The highest BCUT2D eigenvalue weighted by molar-refractivity contribution is 5.68. The maximum absolute atomic E-state index is 11.9. The Kier molecular flexibility index (Phi) is 4.77. The van der Waals surface area contributed by atoms with Crippen molar-refractivity contribution in [1.82, 2.24) is 9.80 Å². The number of likely N-dealkylation sites (N-methyl/N-ethyl adjacent to an activating group) is 1. The van der Waals surface area contributed by atoms with Crippen LogP contribution in [0.1, 0.15) is 20.8 Å². The van der Waals surface area contributed by atoms with Crippen LogP contribution in [0, 0.1) is 0 Å². The lowest BCUT2D eigenvalue weighted by Gasteiger charge is -2.39. The van der Waals surface area contributed by atoms with E-state index in [0.717, 1.165) is 6.54 Å². The second-order valence-electron chi connectivity index (χ2n) is 5.52. The predicted octanol–water partition coefficient (Wildman–Crippen LogP) is 1.18. The summed E-state index contributed by atoms with van der Waals surface area (Å²) >= 11 is 0. The van der Waals surface area contributed by atoms with Crippen molar-refractivity contribution in [3.8, 4) is 0 Å². The molecule has 100 valence electrons. The van der Waals surface area contributed by atoms with Crippen LogP contribution < -0.4 is 0 Å². The van der Waals surface area contributed by atoms with E-state index >= 15 is 0 Å². The predicted molar refractivity (Wildman–Crippen MR) is 66.1 cm³/mol. The zero-order chi connectivity index (χ0) is 13.1. The Hall–Kier alpha value is -0.810. The van der Waals surface area contributed by atoms with E-state index in [1.165, 1.54) is 0 Å². The molecule has 1 fully saturated rings. The summed E-state index contributed by atoms with van der Waals surface area (Å²) in [6, 6.07) is 0.251. The number of hydrogen-bond donors (Lipinski definition) is 0. The average molecular weight is 244 g/mol. The first-order valence-corrected chi connectivity index (χ1v) is 6.00. The van der Waals surface area contributed by atoms with E-state index in [-0.39, 0.29) is 12.1 Å². The lowest BCUT2D eigenvalue weighted by Crippen LogP contribution is -2.55. The van der Waals surface area contributed by atoms with Crippen LogP contribution in [0.15, 0.2) is 0 Å². The summed E-state index contributed by atoms with van der Waals surface area (Å²) in [7, 11) is 3.73. The van der Waals surface area contributed by atoms with Gasteiger partial charge in [0.2, 0.25) is 0 Å². The molecule has 0 spiro atoms. The molecule has 5 heteroatoms. The smallest absolute Gasteiger partial charge is 0.410 e.